The molecule has 0 unspecified atom stereocenters. The number of para-hydroxylation sites is 1. The Morgan fingerprint density at radius 1 is 1.25 bits per heavy atom. The molecular formula is C12H9N3O. The maximum Gasteiger partial charge on any atom is 0.250 e. The van der Waals surface area contributed by atoms with Crippen molar-refractivity contribution < 1.29 is 4.79 Å². The molecule has 78 valence electrons. The van der Waals surface area contributed by atoms with E-state index < -0.39 is 5.91 Å². The third kappa shape index (κ3) is 1.16. The SMILES string of the molecule is NC(=O)c1cnc2c(c1)[nH]c1ccccc12. The summed E-state index contributed by atoms with van der Waals surface area (Å²) >= 11 is 0. The Morgan fingerprint density at radius 2 is 2.06 bits per heavy atom. The third-order valence-corrected chi connectivity index (χ3v) is 2.62. The number of aromatic amines is 1. The van der Waals surface area contributed by atoms with Crippen molar-refractivity contribution in [1.82, 2.24) is 9.97 Å². The van der Waals surface area contributed by atoms with Crippen molar-refractivity contribution in [2.75, 3.05) is 0 Å². The molecule has 0 aliphatic carbocycles. The molecule has 0 bridgehead atoms. The number of H-pyrrole nitrogens is 1. The summed E-state index contributed by atoms with van der Waals surface area (Å²) in [5.41, 5.74) is 8.32. The van der Waals surface area contributed by atoms with Gasteiger partial charge in [-0.15, -0.1) is 0 Å². The first-order chi connectivity index (χ1) is 7.75. The number of aromatic nitrogens is 2. The second-order valence-electron chi connectivity index (χ2n) is 3.65. The van der Waals surface area contributed by atoms with Crippen molar-refractivity contribution in [2.24, 2.45) is 5.73 Å². The third-order valence-electron chi connectivity index (χ3n) is 2.62. The lowest BCUT2D eigenvalue weighted by Gasteiger charge is -1.94. The van der Waals surface area contributed by atoms with Crippen LogP contribution in [-0.2, 0) is 0 Å². The van der Waals surface area contributed by atoms with E-state index in [-0.39, 0.29) is 0 Å². The molecule has 0 atom stereocenters. The number of nitrogens with zero attached hydrogens (tertiary/aromatic N) is 1. The Labute approximate surface area is 91.1 Å². The van der Waals surface area contributed by atoms with E-state index in [0.29, 0.717) is 5.56 Å². The van der Waals surface area contributed by atoms with Gasteiger partial charge in [-0.3, -0.25) is 9.78 Å². The van der Waals surface area contributed by atoms with Gasteiger partial charge in [0.2, 0.25) is 5.91 Å². The number of rotatable bonds is 1. The van der Waals surface area contributed by atoms with Crippen LogP contribution in [0.5, 0.6) is 0 Å². The minimum absolute atomic E-state index is 0.416. The molecule has 0 saturated carbocycles. The number of nitrogens with one attached hydrogen (secondary N) is 1. The molecule has 0 radical (unpaired) electrons. The van der Waals surface area contributed by atoms with Crippen LogP contribution in [-0.4, -0.2) is 15.9 Å². The summed E-state index contributed by atoms with van der Waals surface area (Å²) in [5.74, 6) is -0.465. The van der Waals surface area contributed by atoms with E-state index in [1.54, 1.807) is 6.07 Å². The van der Waals surface area contributed by atoms with Crippen LogP contribution in [0, 0.1) is 0 Å². The number of pyridine rings is 1. The number of hydrogen-bond acceptors (Lipinski definition) is 2. The zero-order valence-electron chi connectivity index (χ0n) is 8.40. The summed E-state index contributed by atoms with van der Waals surface area (Å²) in [6.45, 7) is 0. The molecule has 3 aromatic rings. The smallest absolute Gasteiger partial charge is 0.250 e. The number of fused-ring (bicyclic) bond motifs is 3. The highest BCUT2D eigenvalue weighted by Crippen LogP contribution is 2.23. The van der Waals surface area contributed by atoms with Gasteiger partial charge in [-0.1, -0.05) is 18.2 Å². The molecule has 1 aromatic carbocycles. The molecule has 3 rings (SSSR count). The standard InChI is InChI=1S/C12H9N3O/c13-12(16)7-5-10-11(14-6-7)8-3-1-2-4-9(8)15-10/h1-6,15H,(H2,13,16). The van der Waals surface area contributed by atoms with Crippen LogP contribution in [0.3, 0.4) is 0 Å². The van der Waals surface area contributed by atoms with Gasteiger partial charge >= 0.3 is 0 Å². The van der Waals surface area contributed by atoms with Gasteiger partial charge in [-0.2, -0.15) is 0 Å². The van der Waals surface area contributed by atoms with Crippen molar-refractivity contribution in [3.05, 3.63) is 42.1 Å². The molecule has 2 aromatic heterocycles. The topological polar surface area (TPSA) is 71.8 Å². The molecule has 0 aliphatic heterocycles. The van der Waals surface area contributed by atoms with E-state index in [1.165, 1.54) is 6.20 Å². The molecule has 4 heteroatoms. The van der Waals surface area contributed by atoms with Gasteiger partial charge < -0.3 is 10.7 Å². The van der Waals surface area contributed by atoms with Gasteiger partial charge in [-0.05, 0) is 12.1 Å². The van der Waals surface area contributed by atoms with E-state index in [4.69, 9.17) is 5.73 Å². The molecule has 0 spiro atoms. The molecular weight excluding hydrogens is 202 g/mol. The fourth-order valence-electron chi connectivity index (χ4n) is 1.85. The Morgan fingerprint density at radius 3 is 2.88 bits per heavy atom. The number of carbonyl (C=O) groups excluding carboxylic acids is 1. The summed E-state index contributed by atoms with van der Waals surface area (Å²) in [5, 5.41) is 1.05. The van der Waals surface area contributed by atoms with Crippen molar-refractivity contribution in [3.63, 3.8) is 0 Å². The van der Waals surface area contributed by atoms with E-state index in [2.05, 4.69) is 9.97 Å². The minimum Gasteiger partial charge on any atom is -0.366 e. The highest BCUT2D eigenvalue weighted by atomic mass is 16.1. The predicted molar refractivity (Wildman–Crippen MR) is 62.1 cm³/mol. The molecule has 0 saturated heterocycles. The molecule has 3 N–H and O–H groups in total. The number of benzene rings is 1. The van der Waals surface area contributed by atoms with Crippen molar-refractivity contribution in [2.45, 2.75) is 0 Å². The van der Waals surface area contributed by atoms with Crippen LogP contribution in [0.25, 0.3) is 21.9 Å². The van der Waals surface area contributed by atoms with Crippen molar-refractivity contribution >= 4 is 27.8 Å². The van der Waals surface area contributed by atoms with Crippen LogP contribution in [0.15, 0.2) is 36.5 Å². The Bertz CT molecular complexity index is 700. The van der Waals surface area contributed by atoms with Gasteiger partial charge in [0.1, 0.15) is 0 Å². The normalized spacial score (nSPS) is 11.0. The molecule has 0 fully saturated rings. The second-order valence-corrected chi connectivity index (χ2v) is 3.65. The fourth-order valence-corrected chi connectivity index (χ4v) is 1.85. The molecule has 1 amide bonds. The van der Waals surface area contributed by atoms with Crippen molar-refractivity contribution in [1.29, 1.82) is 0 Å². The number of primary amides is 1. The summed E-state index contributed by atoms with van der Waals surface area (Å²) in [7, 11) is 0. The second kappa shape index (κ2) is 3.06. The molecule has 16 heavy (non-hydrogen) atoms. The molecule has 4 nitrogen and oxygen atoms in total. The van der Waals surface area contributed by atoms with E-state index in [1.807, 2.05) is 24.3 Å². The number of carbonyl (C=O) groups is 1. The van der Waals surface area contributed by atoms with Gasteiger partial charge in [-0.25, -0.2) is 0 Å². The lowest BCUT2D eigenvalue weighted by atomic mass is 10.2. The first-order valence-electron chi connectivity index (χ1n) is 4.92. The zero-order valence-corrected chi connectivity index (χ0v) is 8.40. The maximum atomic E-state index is 11.0. The maximum absolute atomic E-state index is 11.0. The average molecular weight is 211 g/mol. The molecule has 0 aliphatic rings. The van der Waals surface area contributed by atoms with Crippen LogP contribution in [0.2, 0.25) is 0 Å². The van der Waals surface area contributed by atoms with Gasteiger partial charge in [0.25, 0.3) is 0 Å². The Kier molecular flexibility index (Phi) is 1.71. The highest BCUT2D eigenvalue weighted by Gasteiger charge is 2.07. The first kappa shape index (κ1) is 8.91. The quantitative estimate of drug-likeness (QED) is 0.644. The van der Waals surface area contributed by atoms with Crippen LogP contribution < -0.4 is 5.73 Å². The monoisotopic (exact) mass is 211 g/mol. The summed E-state index contributed by atoms with van der Waals surface area (Å²) in [6.07, 6.45) is 1.50. The van der Waals surface area contributed by atoms with Gasteiger partial charge in [0, 0.05) is 17.1 Å². The summed E-state index contributed by atoms with van der Waals surface area (Å²) < 4.78 is 0. The van der Waals surface area contributed by atoms with E-state index >= 15 is 0 Å². The highest BCUT2D eigenvalue weighted by molar-refractivity contribution is 6.06. The first-order valence-corrected chi connectivity index (χ1v) is 4.92. The number of nitrogens with two attached hydrogens (primary N) is 1. The fraction of sp³-hybridized carbons (Fsp3) is 0. The van der Waals surface area contributed by atoms with Crippen LogP contribution in [0.1, 0.15) is 10.4 Å². The number of amides is 1. The summed E-state index contributed by atoms with van der Waals surface area (Å²) in [6, 6.07) is 9.60. The lowest BCUT2D eigenvalue weighted by Crippen LogP contribution is -2.10. The van der Waals surface area contributed by atoms with Gasteiger partial charge in [0.15, 0.2) is 0 Å². The Hall–Kier alpha value is -2.36. The zero-order chi connectivity index (χ0) is 11.1. The minimum atomic E-state index is -0.465. The van der Waals surface area contributed by atoms with Gasteiger partial charge in [0.05, 0.1) is 16.6 Å². The van der Waals surface area contributed by atoms with E-state index in [9.17, 15) is 4.79 Å². The predicted octanol–water partition coefficient (Wildman–Crippen LogP) is 1.81. The number of hydrogen-bond donors (Lipinski definition) is 2. The Balaban J connectivity index is 2.41. The van der Waals surface area contributed by atoms with E-state index in [0.717, 1.165) is 21.9 Å². The van der Waals surface area contributed by atoms with Crippen LogP contribution in [0.4, 0.5) is 0 Å². The van der Waals surface area contributed by atoms with Crippen LogP contribution >= 0.6 is 0 Å². The van der Waals surface area contributed by atoms with Crippen molar-refractivity contribution in [3.8, 4) is 0 Å². The lowest BCUT2D eigenvalue weighted by molar-refractivity contribution is 0.1000. The largest absolute Gasteiger partial charge is 0.366 e. The average Bonchev–Trinajstić information content (AvgIpc) is 2.66. The summed E-state index contributed by atoms with van der Waals surface area (Å²) in [4.78, 5) is 18.5. The molecule has 2 heterocycles.